The van der Waals surface area contributed by atoms with Crippen molar-refractivity contribution in [1.82, 2.24) is 0 Å². The van der Waals surface area contributed by atoms with Crippen molar-refractivity contribution in [2.45, 2.75) is 24.6 Å². The number of alkyl halides is 9. The Labute approximate surface area is 238 Å². The van der Waals surface area contributed by atoms with Crippen LogP contribution in [0.3, 0.4) is 0 Å². The zero-order valence-corrected chi connectivity index (χ0v) is 21.6. The Bertz CT molecular complexity index is 1530. The molecule has 2 amide bonds. The number of halogens is 12. The largest absolute Gasteiger partial charge is 0.494 e. The summed E-state index contributed by atoms with van der Waals surface area (Å²) in [6, 6.07) is 5.38. The summed E-state index contributed by atoms with van der Waals surface area (Å²) in [7, 11) is 0.979. The molecule has 0 aliphatic carbocycles. The lowest BCUT2D eigenvalue weighted by molar-refractivity contribution is -0.348. The van der Waals surface area contributed by atoms with Gasteiger partial charge in [0.2, 0.25) is 0 Å². The van der Waals surface area contributed by atoms with E-state index in [1.54, 1.807) is 0 Å². The van der Waals surface area contributed by atoms with Crippen LogP contribution in [-0.4, -0.2) is 37.9 Å². The van der Waals surface area contributed by atoms with Gasteiger partial charge in [0, 0.05) is 5.56 Å². The fraction of sp³-hybridized carbons (Fsp3) is 0.200. The smallest absolute Gasteiger partial charge is 0.435 e. The average molecular weight is 651 g/mol. The lowest BCUT2D eigenvalue weighted by atomic mass is 9.93. The Morgan fingerprint density at radius 2 is 1.40 bits per heavy atom. The second-order valence-corrected chi connectivity index (χ2v) is 8.67. The average Bonchev–Trinajstić information content (AvgIpc) is 2.89. The third kappa shape index (κ3) is 6.55. The molecule has 0 unspecified atom stereocenters. The number of amides is 2. The summed E-state index contributed by atoms with van der Waals surface area (Å²) in [5.74, 6) is -7.49. The monoisotopic (exact) mass is 650 g/mol. The highest BCUT2D eigenvalue weighted by Gasteiger charge is 2.73. The highest BCUT2D eigenvalue weighted by Crippen LogP contribution is 2.55. The molecule has 18 heteroatoms. The molecule has 0 spiro atoms. The second kappa shape index (κ2) is 12.1. The summed E-state index contributed by atoms with van der Waals surface area (Å²) in [6.07, 6.45) is -13.3. The summed E-state index contributed by atoms with van der Waals surface area (Å²) < 4.78 is 157. The minimum Gasteiger partial charge on any atom is -0.494 e. The van der Waals surface area contributed by atoms with E-state index >= 15 is 0 Å². The summed E-state index contributed by atoms with van der Waals surface area (Å²) in [5, 5.41) is 2.72. The molecule has 0 saturated heterocycles. The van der Waals surface area contributed by atoms with Crippen LogP contribution in [0.15, 0.2) is 48.5 Å². The van der Waals surface area contributed by atoms with Crippen LogP contribution in [0.4, 0.5) is 59.7 Å². The van der Waals surface area contributed by atoms with Crippen molar-refractivity contribution in [3.63, 3.8) is 0 Å². The molecule has 6 nitrogen and oxygen atoms in total. The van der Waals surface area contributed by atoms with Crippen molar-refractivity contribution in [2.24, 2.45) is 0 Å². The van der Waals surface area contributed by atoms with Crippen molar-refractivity contribution < 1.29 is 67.4 Å². The van der Waals surface area contributed by atoms with Gasteiger partial charge in [0.15, 0.2) is 23.1 Å². The van der Waals surface area contributed by atoms with Crippen LogP contribution in [0, 0.1) is 11.6 Å². The molecule has 232 valence electrons. The number of para-hydroxylation sites is 1. The molecule has 0 radical (unpaired) electrons. The van der Waals surface area contributed by atoms with E-state index in [1.807, 2.05) is 5.32 Å². The topological polar surface area (TPSA) is 76.7 Å². The molecule has 0 bridgehead atoms. The Hall–Kier alpha value is -4.28. The molecule has 0 aliphatic rings. The third-order valence-electron chi connectivity index (χ3n) is 5.60. The standard InChI is InChI=1S/C25H14ClF11N2O4/c1-42-19-12(5-3-7-15(19)38-20(40)11-4-2-6-14(27)17(11)28)21(41)39-18-13(26)8-10(9-16(18)43-22(29)30)23(31,24(32,33)34)25(35,36)37/h2-9,22H,1H3,(H,38,40)(H,39,41). The highest BCUT2D eigenvalue weighted by atomic mass is 35.5. The third-order valence-corrected chi connectivity index (χ3v) is 5.89. The normalized spacial score (nSPS) is 12.2. The van der Waals surface area contributed by atoms with Gasteiger partial charge in [-0.2, -0.15) is 35.1 Å². The van der Waals surface area contributed by atoms with Crippen LogP contribution in [0.25, 0.3) is 0 Å². The van der Waals surface area contributed by atoms with Gasteiger partial charge in [-0.15, -0.1) is 0 Å². The SMILES string of the molecule is COc1c(NC(=O)c2cccc(F)c2F)cccc1C(=O)Nc1c(Cl)cc(C(F)(C(F)(F)F)C(F)(F)F)cc1OC(F)F. The van der Waals surface area contributed by atoms with Gasteiger partial charge < -0.3 is 20.1 Å². The van der Waals surface area contributed by atoms with Crippen molar-refractivity contribution in [3.05, 3.63) is 81.9 Å². The number of hydrogen-bond acceptors (Lipinski definition) is 4. The first-order valence-corrected chi connectivity index (χ1v) is 11.6. The molecule has 0 fully saturated rings. The van der Waals surface area contributed by atoms with Crippen LogP contribution in [-0.2, 0) is 5.67 Å². The number of ether oxygens (including phenoxy) is 2. The van der Waals surface area contributed by atoms with E-state index in [-0.39, 0.29) is 17.8 Å². The van der Waals surface area contributed by atoms with E-state index in [4.69, 9.17) is 16.3 Å². The zero-order chi connectivity index (χ0) is 32.5. The van der Waals surface area contributed by atoms with E-state index in [0.29, 0.717) is 0 Å². The molecule has 0 atom stereocenters. The molecule has 43 heavy (non-hydrogen) atoms. The first-order valence-electron chi connectivity index (χ1n) is 11.2. The number of carbonyl (C=O) groups excluding carboxylic acids is 2. The number of methoxy groups -OCH3 is 1. The van der Waals surface area contributed by atoms with Crippen molar-refractivity contribution in [1.29, 1.82) is 0 Å². The van der Waals surface area contributed by atoms with Crippen LogP contribution in [0.2, 0.25) is 5.02 Å². The Kier molecular flexibility index (Phi) is 9.38. The van der Waals surface area contributed by atoms with Crippen LogP contribution >= 0.6 is 11.6 Å². The van der Waals surface area contributed by atoms with Crippen molar-refractivity contribution in [2.75, 3.05) is 17.7 Å². The van der Waals surface area contributed by atoms with Gasteiger partial charge in [0.05, 0.1) is 28.9 Å². The molecule has 3 rings (SSSR count). The number of carbonyl (C=O) groups is 2. The summed E-state index contributed by atoms with van der Waals surface area (Å²) >= 11 is 5.73. The summed E-state index contributed by atoms with van der Waals surface area (Å²) in [6.45, 7) is -3.90. The van der Waals surface area contributed by atoms with E-state index in [1.165, 1.54) is 0 Å². The molecule has 0 heterocycles. The summed E-state index contributed by atoms with van der Waals surface area (Å²) in [4.78, 5) is 25.5. The van der Waals surface area contributed by atoms with Gasteiger partial charge in [-0.1, -0.05) is 23.7 Å². The van der Waals surface area contributed by atoms with Crippen LogP contribution in [0.5, 0.6) is 11.5 Å². The second-order valence-electron chi connectivity index (χ2n) is 8.26. The number of benzene rings is 3. The Balaban J connectivity index is 2.06. The molecular weight excluding hydrogens is 637 g/mol. The lowest BCUT2D eigenvalue weighted by Gasteiger charge is -2.31. The number of anilines is 2. The Morgan fingerprint density at radius 3 is 1.95 bits per heavy atom. The predicted molar refractivity (Wildman–Crippen MR) is 128 cm³/mol. The van der Waals surface area contributed by atoms with Gasteiger partial charge in [-0.3, -0.25) is 9.59 Å². The van der Waals surface area contributed by atoms with E-state index in [0.717, 1.165) is 43.5 Å². The highest BCUT2D eigenvalue weighted by molar-refractivity contribution is 6.34. The fourth-order valence-electron chi connectivity index (χ4n) is 3.66. The van der Waals surface area contributed by atoms with Gasteiger partial charge in [0.1, 0.15) is 5.69 Å². The van der Waals surface area contributed by atoms with E-state index in [9.17, 15) is 57.9 Å². The molecular formula is C25H14ClF11N2O4. The first-order chi connectivity index (χ1) is 19.8. The minimum absolute atomic E-state index is 0.197. The van der Waals surface area contributed by atoms with Crippen molar-refractivity contribution >= 4 is 34.8 Å². The predicted octanol–water partition coefficient (Wildman–Crippen LogP) is 8.02. The van der Waals surface area contributed by atoms with Gasteiger partial charge in [0.25, 0.3) is 11.8 Å². The lowest BCUT2D eigenvalue weighted by Crippen LogP contribution is -2.50. The molecule has 2 N–H and O–H groups in total. The van der Waals surface area contributed by atoms with Gasteiger partial charge in [-0.05, 0) is 36.4 Å². The molecule has 3 aromatic carbocycles. The van der Waals surface area contributed by atoms with Crippen LogP contribution < -0.4 is 20.1 Å². The van der Waals surface area contributed by atoms with Crippen molar-refractivity contribution in [3.8, 4) is 11.5 Å². The molecule has 3 aromatic rings. The van der Waals surface area contributed by atoms with Crippen LogP contribution in [0.1, 0.15) is 26.3 Å². The number of nitrogens with one attached hydrogen (secondary N) is 2. The molecule has 0 aromatic heterocycles. The quantitative estimate of drug-likeness (QED) is 0.242. The van der Waals surface area contributed by atoms with E-state index < -0.39 is 87.0 Å². The Morgan fingerprint density at radius 1 is 0.837 bits per heavy atom. The number of hydrogen-bond donors (Lipinski definition) is 2. The summed E-state index contributed by atoms with van der Waals surface area (Å²) in [5.41, 5.74) is -11.1. The maximum atomic E-state index is 14.6. The first kappa shape index (κ1) is 33.2. The molecule has 0 saturated carbocycles. The maximum Gasteiger partial charge on any atom is 0.435 e. The zero-order valence-electron chi connectivity index (χ0n) is 20.9. The number of rotatable bonds is 8. The maximum absolute atomic E-state index is 14.6. The fourth-order valence-corrected chi connectivity index (χ4v) is 3.92. The van der Waals surface area contributed by atoms with Gasteiger partial charge in [-0.25, -0.2) is 13.2 Å². The van der Waals surface area contributed by atoms with Gasteiger partial charge >= 0.3 is 24.6 Å². The van der Waals surface area contributed by atoms with E-state index in [2.05, 4.69) is 10.1 Å². The minimum atomic E-state index is -6.63. The molecule has 0 aliphatic heterocycles.